The predicted octanol–water partition coefficient (Wildman–Crippen LogP) is 3.38. The van der Waals surface area contributed by atoms with E-state index in [4.69, 9.17) is 4.74 Å². The molecule has 0 heterocycles. The minimum absolute atomic E-state index is 0.244. The average molecular weight is 214 g/mol. The lowest BCUT2D eigenvalue weighted by molar-refractivity contribution is 0.405. The molecular weight excluding hydrogens is 200 g/mol. The molecule has 2 aromatic carbocycles. The number of methoxy groups -OCH3 is 1. The molecular formula is C14H14O2. The summed E-state index contributed by atoms with van der Waals surface area (Å²) in [5, 5.41) is 9.92. The molecule has 82 valence electrons. The average Bonchev–Trinajstić information content (AvgIpc) is 2.32. The van der Waals surface area contributed by atoms with Crippen LogP contribution >= 0.6 is 0 Å². The van der Waals surface area contributed by atoms with Crippen molar-refractivity contribution in [3.05, 3.63) is 48.0 Å². The molecule has 2 heteroatoms. The molecule has 0 spiro atoms. The van der Waals surface area contributed by atoms with Crippen LogP contribution in [0.4, 0.5) is 0 Å². The van der Waals surface area contributed by atoms with Crippen molar-refractivity contribution in [3.8, 4) is 22.6 Å². The van der Waals surface area contributed by atoms with E-state index in [1.807, 2.05) is 43.3 Å². The van der Waals surface area contributed by atoms with Crippen LogP contribution in [0.3, 0.4) is 0 Å². The molecule has 0 amide bonds. The standard InChI is InChI=1S/C14H14O2/c1-10-8-12(11-6-4-3-5-7-11)13(15)9-14(10)16-2/h3-9,15H,1-2H3. The number of aryl methyl sites for hydroxylation is 1. The molecule has 0 bridgehead atoms. The van der Waals surface area contributed by atoms with Gasteiger partial charge in [0.25, 0.3) is 0 Å². The van der Waals surface area contributed by atoms with Crippen LogP contribution in [0, 0.1) is 6.92 Å². The molecule has 0 saturated heterocycles. The van der Waals surface area contributed by atoms with Gasteiger partial charge in [0, 0.05) is 11.6 Å². The van der Waals surface area contributed by atoms with Crippen molar-refractivity contribution in [3.63, 3.8) is 0 Å². The van der Waals surface area contributed by atoms with Gasteiger partial charge in [0.2, 0.25) is 0 Å². The van der Waals surface area contributed by atoms with E-state index in [1.165, 1.54) is 0 Å². The fourth-order valence-corrected chi connectivity index (χ4v) is 1.75. The fraction of sp³-hybridized carbons (Fsp3) is 0.143. The van der Waals surface area contributed by atoms with E-state index >= 15 is 0 Å². The van der Waals surface area contributed by atoms with E-state index in [2.05, 4.69) is 0 Å². The molecule has 2 aromatic rings. The molecule has 0 atom stereocenters. The normalized spacial score (nSPS) is 10.1. The van der Waals surface area contributed by atoms with Crippen LogP contribution in [0.25, 0.3) is 11.1 Å². The summed E-state index contributed by atoms with van der Waals surface area (Å²) in [5.41, 5.74) is 2.85. The van der Waals surface area contributed by atoms with Crippen molar-refractivity contribution in [2.24, 2.45) is 0 Å². The van der Waals surface area contributed by atoms with Gasteiger partial charge >= 0.3 is 0 Å². The lowest BCUT2D eigenvalue weighted by Gasteiger charge is -2.10. The van der Waals surface area contributed by atoms with Crippen molar-refractivity contribution in [1.82, 2.24) is 0 Å². The Hall–Kier alpha value is -1.96. The van der Waals surface area contributed by atoms with Crippen LogP contribution in [0.1, 0.15) is 5.56 Å². The number of phenols is 1. The molecule has 0 fully saturated rings. The summed E-state index contributed by atoms with van der Waals surface area (Å²) in [6.07, 6.45) is 0. The van der Waals surface area contributed by atoms with E-state index in [0.29, 0.717) is 5.75 Å². The highest BCUT2D eigenvalue weighted by Crippen LogP contribution is 2.34. The number of rotatable bonds is 2. The van der Waals surface area contributed by atoms with Gasteiger partial charge in [-0.05, 0) is 24.1 Å². The summed E-state index contributed by atoms with van der Waals surface area (Å²) in [5.74, 6) is 0.950. The molecule has 2 nitrogen and oxygen atoms in total. The molecule has 0 aromatic heterocycles. The van der Waals surface area contributed by atoms with Gasteiger partial charge < -0.3 is 9.84 Å². The van der Waals surface area contributed by atoms with Gasteiger partial charge in [-0.1, -0.05) is 30.3 Å². The Morgan fingerprint density at radius 3 is 2.38 bits per heavy atom. The smallest absolute Gasteiger partial charge is 0.127 e. The van der Waals surface area contributed by atoms with Gasteiger partial charge in [0.05, 0.1) is 7.11 Å². The highest BCUT2D eigenvalue weighted by atomic mass is 16.5. The van der Waals surface area contributed by atoms with Crippen LogP contribution in [-0.2, 0) is 0 Å². The zero-order valence-corrected chi connectivity index (χ0v) is 9.40. The summed E-state index contributed by atoms with van der Waals surface area (Å²) in [7, 11) is 1.60. The van der Waals surface area contributed by atoms with Gasteiger partial charge in [0.1, 0.15) is 11.5 Å². The first-order chi connectivity index (χ1) is 7.72. The third-order valence-electron chi connectivity index (χ3n) is 2.60. The largest absolute Gasteiger partial charge is 0.507 e. The Labute approximate surface area is 95.1 Å². The predicted molar refractivity (Wildman–Crippen MR) is 64.8 cm³/mol. The number of ether oxygens (including phenoxy) is 1. The second kappa shape index (κ2) is 4.27. The van der Waals surface area contributed by atoms with Crippen LogP contribution in [0.5, 0.6) is 11.5 Å². The second-order valence-corrected chi connectivity index (χ2v) is 3.71. The van der Waals surface area contributed by atoms with Crippen LogP contribution in [-0.4, -0.2) is 12.2 Å². The summed E-state index contributed by atoms with van der Waals surface area (Å²) in [4.78, 5) is 0. The van der Waals surface area contributed by atoms with Crippen molar-refractivity contribution in [2.45, 2.75) is 6.92 Å². The van der Waals surface area contributed by atoms with E-state index in [-0.39, 0.29) is 5.75 Å². The number of phenolic OH excluding ortho intramolecular Hbond substituents is 1. The van der Waals surface area contributed by atoms with E-state index in [9.17, 15) is 5.11 Å². The monoisotopic (exact) mass is 214 g/mol. The molecule has 0 saturated carbocycles. The van der Waals surface area contributed by atoms with E-state index < -0.39 is 0 Å². The van der Waals surface area contributed by atoms with E-state index in [0.717, 1.165) is 16.7 Å². The second-order valence-electron chi connectivity index (χ2n) is 3.71. The number of hydrogen-bond acceptors (Lipinski definition) is 2. The van der Waals surface area contributed by atoms with Crippen molar-refractivity contribution < 1.29 is 9.84 Å². The first-order valence-electron chi connectivity index (χ1n) is 5.15. The van der Waals surface area contributed by atoms with Gasteiger partial charge in [-0.25, -0.2) is 0 Å². The summed E-state index contributed by atoms with van der Waals surface area (Å²) in [6, 6.07) is 13.4. The Balaban J connectivity index is 2.55. The Kier molecular flexibility index (Phi) is 2.82. The van der Waals surface area contributed by atoms with Crippen molar-refractivity contribution >= 4 is 0 Å². The zero-order chi connectivity index (χ0) is 11.5. The molecule has 0 aliphatic heterocycles. The number of hydrogen-bond donors (Lipinski definition) is 1. The Morgan fingerprint density at radius 1 is 1.06 bits per heavy atom. The topological polar surface area (TPSA) is 29.5 Å². The van der Waals surface area contributed by atoms with Crippen LogP contribution in [0.15, 0.2) is 42.5 Å². The highest BCUT2D eigenvalue weighted by Gasteiger charge is 2.08. The van der Waals surface area contributed by atoms with E-state index in [1.54, 1.807) is 13.2 Å². The lowest BCUT2D eigenvalue weighted by atomic mass is 10.0. The SMILES string of the molecule is COc1cc(O)c(-c2ccccc2)cc1C. The maximum absolute atomic E-state index is 9.92. The molecule has 0 aliphatic carbocycles. The van der Waals surface area contributed by atoms with Crippen molar-refractivity contribution in [1.29, 1.82) is 0 Å². The molecule has 0 unspecified atom stereocenters. The first-order valence-corrected chi connectivity index (χ1v) is 5.15. The fourth-order valence-electron chi connectivity index (χ4n) is 1.75. The summed E-state index contributed by atoms with van der Waals surface area (Å²) >= 11 is 0. The molecule has 1 N–H and O–H groups in total. The maximum atomic E-state index is 9.92. The van der Waals surface area contributed by atoms with Gasteiger partial charge in [-0.2, -0.15) is 0 Å². The molecule has 2 rings (SSSR count). The summed E-state index contributed by atoms with van der Waals surface area (Å²) in [6.45, 7) is 1.96. The third-order valence-corrected chi connectivity index (χ3v) is 2.60. The van der Waals surface area contributed by atoms with Gasteiger partial charge in [-0.15, -0.1) is 0 Å². The summed E-state index contributed by atoms with van der Waals surface area (Å²) < 4.78 is 5.16. The van der Waals surface area contributed by atoms with Gasteiger partial charge in [0.15, 0.2) is 0 Å². The lowest BCUT2D eigenvalue weighted by Crippen LogP contribution is -1.88. The quantitative estimate of drug-likeness (QED) is 0.830. The Bertz CT molecular complexity index is 490. The van der Waals surface area contributed by atoms with Crippen molar-refractivity contribution in [2.75, 3.05) is 7.11 Å². The Morgan fingerprint density at radius 2 is 1.75 bits per heavy atom. The van der Waals surface area contributed by atoms with Crippen LogP contribution < -0.4 is 4.74 Å². The molecule has 0 radical (unpaired) electrons. The zero-order valence-electron chi connectivity index (χ0n) is 9.40. The first kappa shape index (κ1) is 10.6. The third kappa shape index (κ3) is 1.87. The highest BCUT2D eigenvalue weighted by molar-refractivity contribution is 5.72. The molecule has 0 aliphatic rings. The van der Waals surface area contributed by atoms with Gasteiger partial charge in [-0.3, -0.25) is 0 Å². The maximum Gasteiger partial charge on any atom is 0.127 e. The number of benzene rings is 2. The van der Waals surface area contributed by atoms with Crippen LogP contribution in [0.2, 0.25) is 0 Å². The minimum Gasteiger partial charge on any atom is -0.507 e. The minimum atomic E-state index is 0.244. The molecule has 16 heavy (non-hydrogen) atoms. The number of aromatic hydroxyl groups is 1.